The maximum Gasteiger partial charge on any atom is 0.306 e. The molecule has 6 heteroatoms. The molecule has 0 aliphatic rings. The molecule has 6 nitrogen and oxygen atoms in total. The van der Waals surface area contributed by atoms with Gasteiger partial charge in [-0.1, -0.05) is 211 Å². The zero-order valence-corrected chi connectivity index (χ0v) is 43.8. The highest BCUT2D eigenvalue weighted by Crippen LogP contribution is 2.11. The molecule has 0 rings (SSSR count). The van der Waals surface area contributed by atoms with Gasteiger partial charge in [0.2, 0.25) is 0 Å². The van der Waals surface area contributed by atoms with Gasteiger partial charge in [-0.2, -0.15) is 0 Å². The van der Waals surface area contributed by atoms with Crippen LogP contribution in [0.2, 0.25) is 0 Å². The van der Waals surface area contributed by atoms with Crippen LogP contribution in [-0.2, 0) is 28.6 Å². The predicted octanol–water partition coefficient (Wildman–Crippen LogP) is 18.2. The third-order valence-electron chi connectivity index (χ3n) is 10.5. The molecule has 0 aromatic heterocycles. The van der Waals surface area contributed by atoms with Crippen molar-refractivity contribution in [1.82, 2.24) is 0 Å². The molecule has 0 aromatic carbocycles. The highest BCUT2D eigenvalue weighted by atomic mass is 16.6. The van der Waals surface area contributed by atoms with Crippen molar-refractivity contribution in [1.29, 1.82) is 0 Å². The Hall–Kier alpha value is -4.97. The fourth-order valence-corrected chi connectivity index (χ4v) is 6.54. The van der Waals surface area contributed by atoms with Crippen LogP contribution in [0.1, 0.15) is 201 Å². The van der Waals surface area contributed by atoms with Gasteiger partial charge in [0.05, 0.1) is 0 Å². The number of esters is 3. The number of rotatable bonds is 46. The molecule has 0 bridgehead atoms. The SMILES string of the molecule is CC/C=C\C/C=C\C/C=C\C/C=C\C/C=C\C/C=C\C/C=C\C/C=C\CCCCC(=O)OCC(COC(=O)CCCCCCC)OC(=O)CCCCC/C=C\C/C=C\C/C=C\C/C=C\C/C=C\CC. The minimum absolute atomic E-state index is 0.114. The van der Waals surface area contributed by atoms with E-state index in [4.69, 9.17) is 14.2 Å². The predicted molar refractivity (Wildman–Crippen MR) is 297 cm³/mol. The fourth-order valence-electron chi connectivity index (χ4n) is 6.54. The quantitative estimate of drug-likeness (QED) is 0.0262. The molecule has 0 heterocycles. The van der Waals surface area contributed by atoms with E-state index in [0.29, 0.717) is 19.3 Å². The molecule has 1 unspecified atom stereocenters. The third-order valence-corrected chi connectivity index (χ3v) is 10.5. The third kappa shape index (κ3) is 53.8. The van der Waals surface area contributed by atoms with Crippen LogP contribution >= 0.6 is 0 Å². The lowest BCUT2D eigenvalue weighted by atomic mass is 10.1. The molecule has 1 atom stereocenters. The summed E-state index contributed by atoms with van der Waals surface area (Å²) in [4.78, 5) is 37.7. The molecular weight excluding hydrogens is 853 g/mol. The molecule has 0 saturated heterocycles. The highest BCUT2D eigenvalue weighted by molar-refractivity contribution is 5.71. The molecule has 0 aliphatic carbocycles. The highest BCUT2D eigenvalue weighted by Gasteiger charge is 2.19. The zero-order valence-electron chi connectivity index (χ0n) is 43.8. The van der Waals surface area contributed by atoms with Gasteiger partial charge in [-0.15, -0.1) is 0 Å². The average Bonchev–Trinajstić information content (AvgIpc) is 3.35. The van der Waals surface area contributed by atoms with Crippen molar-refractivity contribution in [3.63, 3.8) is 0 Å². The lowest BCUT2D eigenvalue weighted by Crippen LogP contribution is -2.30. The number of hydrogen-bond acceptors (Lipinski definition) is 6. The van der Waals surface area contributed by atoms with E-state index < -0.39 is 6.10 Å². The minimum atomic E-state index is -0.817. The second-order valence-corrected chi connectivity index (χ2v) is 17.0. The van der Waals surface area contributed by atoms with E-state index in [0.717, 1.165) is 148 Å². The smallest absolute Gasteiger partial charge is 0.306 e. The Morgan fingerprint density at radius 2 is 0.565 bits per heavy atom. The molecule has 0 amide bonds. The van der Waals surface area contributed by atoms with Crippen molar-refractivity contribution in [2.24, 2.45) is 0 Å². The van der Waals surface area contributed by atoms with Crippen molar-refractivity contribution < 1.29 is 28.6 Å². The van der Waals surface area contributed by atoms with Crippen LogP contribution in [0.4, 0.5) is 0 Å². The van der Waals surface area contributed by atoms with Gasteiger partial charge in [-0.05, 0) is 128 Å². The molecule has 0 radical (unpaired) electrons. The van der Waals surface area contributed by atoms with Gasteiger partial charge in [0.1, 0.15) is 13.2 Å². The average molecular weight is 949 g/mol. The number of unbranched alkanes of at least 4 members (excludes halogenated alkanes) is 9. The molecule has 0 spiro atoms. The van der Waals surface area contributed by atoms with Crippen molar-refractivity contribution in [2.75, 3.05) is 13.2 Å². The van der Waals surface area contributed by atoms with Crippen LogP contribution in [0.5, 0.6) is 0 Å². The summed E-state index contributed by atoms with van der Waals surface area (Å²) in [5, 5.41) is 0. The normalized spacial score (nSPS) is 13.4. The van der Waals surface area contributed by atoms with E-state index in [1.807, 2.05) is 0 Å². The first-order valence-corrected chi connectivity index (χ1v) is 27.0. The summed E-state index contributed by atoms with van der Waals surface area (Å²) >= 11 is 0. The Morgan fingerprint density at radius 1 is 0.304 bits per heavy atom. The largest absolute Gasteiger partial charge is 0.462 e. The number of allylic oxidation sites excluding steroid dienone is 26. The summed E-state index contributed by atoms with van der Waals surface area (Å²) in [5.41, 5.74) is 0. The second-order valence-electron chi connectivity index (χ2n) is 17.0. The molecule has 0 aliphatic heterocycles. The van der Waals surface area contributed by atoms with Crippen LogP contribution in [0.25, 0.3) is 0 Å². The number of hydrogen-bond donors (Lipinski definition) is 0. The van der Waals surface area contributed by atoms with E-state index in [1.54, 1.807) is 0 Å². The Morgan fingerprint density at radius 3 is 0.899 bits per heavy atom. The second kappa shape index (κ2) is 55.6. The van der Waals surface area contributed by atoms with Crippen molar-refractivity contribution in [2.45, 2.75) is 207 Å². The van der Waals surface area contributed by atoms with Crippen LogP contribution < -0.4 is 0 Å². The van der Waals surface area contributed by atoms with Crippen molar-refractivity contribution in [3.05, 3.63) is 158 Å². The zero-order chi connectivity index (χ0) is 50.0. The lowest BCUT2D eigenvalue weighted by molar-refractivity contribution is -0.167. The van der Waals surface area contributed by atoms with E-state index in [-0.39, 0.29) is 44.0 Å². The van der Waals surface area contributed by atoms with Crippen LogP contribution in [0, 0.1) is 0 Å². The lowest BCUT2D eigenvalue weighted by Gasteiger charge is -2.18. The van der Waals surface area contributed by atoms with Crippen molar-refractivity contribution >= 4 is 17.9 Å². The molecule has 0 aromatic rings. The Labute approximate surface area is 422 Å². The van der Waals surface area contributed by atoms with E-state index >= 15 is 0 Å². The van der Waals surface area contributed by atoms with Gasteiger partial charge in [0, 0.05) is 19.3 Å². The summed E-state index contributed by atoms with van der Waals surface area (Å²) in [5.74, 6) is -1.02. The van der Waals surface area contributed by atoms with Crippen LogP contribution in [0.3, 0.4) is 0 Å². The maximum atomic E-state index is 12.7. The summed E-state index contributed by atoms with van der Waals surface area (Å²) < 4.78 is 16.6. The number of ether oxygens (including phenoxy) is 3. The van der Waals surface area contributed by atoms with Gasteiger partial charge in [-0.25, -0.2) is 0 Å². The standard InChI is InChI=1S/C63H96O6/c1-4-7-10-13-15-17-19-21-23-25-27-28-29-30-31-32-33-34-36-37-39-41-43-45-47-50-53-56-62(65)68-59-60(58-67-61(64)55-52-49-12-9-6-3)69-63(66)57-54-51-48-46-44-42-40-38-35-26-24-22-20-18-16-14-11-8-5-2/h7-8,10-11,15-18,21-24,27-28,30-31,33-35,37-39,42-45,60H,4-6,9,12-14,19-20,25-26,29,32,36,40-41,46-59H2,1-3H3/b10-7-,11-8-,17-15-,18-16-,23-21-,24-22-,28-27-,31-30-,34-33-,38-35-,39-37-,44-42-,45-43-. The van der Waals surface area contributed by atoms with E-state index in [9.17, 15) is 14.4 Å². The molecular formula is C63H96O6. The molecule has 384 valence electrons. The first kappa shape index (κ1) is 64.0. The summed E-state index contributed by atoms with van der Waals surface area (Å²) in [6, 6.07) is 0. The summed E-state index contributed by atoms with van der Waals surface area (Å²) in [7, 11) is 0. The van der Waals surface area contributed by atoms with Crippen LogP contribution in [0.15, 0.2) is 158 Å². The topological polar surface area (TPSA) is 78.9 Å². The molecule has 69 heavy (non-hydrogen) atoms. The first-order chi connectivity index (χ1) is 34.0. The van der Waals surface area contributed by atoms with Gasteiger partial charge in [-0.3, -0.25) is 14.4 Å². The molecule has 0 N–H and O–H groups in total. The Balaban J connectivity index is 4.32. The summed E-state index contributed by atoms with van der Waals surface area (Å²) in [6.07, 6.45) is 81.3. The van der Waals surface area contributed by atoms with Gasteiger partial charge < -0.3 is 14.2 Å². The molecule has 0 fully saturated rings. The van der Waals surface area contributed by atoms with E-state index in [1.165, 1.54) is 0 Å². The fraction of sp³-hybridized carbons (Fsp3) is 0.540. The minimum Gasteiger partial charge on any atom is -0.462 e. The number of carbonyl (C=O) groups excluding carboxylic acids is 3. The Kier molecular flexibility index (Phi) is 51.6. The van der Waals surface area contributed by atoms with E-state index in [2.05, 4.69) is 179 Å². The van der Waals surface area contributed by atoms with Crippen LogP contribution in [-0.4, -0.2) is 37.2 Å². The van der Waals surface area contributed by atoms with Gasteiger partial charge >= 0.3 is 17.9 Å². The molecule has 0 saturated carbocycles. The first-order valence-electron chi connectivity index (χ1n) is 27.0. The maximum absolute atomic E-state index is 12.7. The van der Waals surface area contributed by atoms with Crippen molar-refractivity contribution in [3.8, 4) is 0 Å². The van der Waals surface area contributed by atoms with Gasteiger partial charge in [0.25, 0.3) is 0 Å². The number of carbonyl (C=O) groups is 3. The van der Waals surface area contributed by atoms with Gasteiger partial charge in [0.15, 0.2) is 6.10 Å². The Bertz CT molecular complexity index is 1610. The summed E-state index contributed by atoms with van der Waals surface area (Å²) in [6.45, 7) is 6.23. The monoisotopic (exact) mass is 949 g/mol.